The summed E-state index contributed by atoms with van der Waals surface area (Å²) in [6.07, 6.45) is 19.7. The Balaban J connectivity index is 1.18. The molecule has 2 aromatic rings. The molecule has 4 fully saturated rings. The highest BCUT2D eigenvalue weighted by molar-refractivity contribution is 6.33. The number of hydrogen-bond acceptors (Lipinski definition) is 6. The molecule has 6 N–H and O–H groups in total. The van der Waals surface area contributed by atoms with Gasteiger partial charge in [0.1, 0.15) is 11.5 Å². The summed E-state index contributed by atoms with van der Waals surface area (Å²) >= 11 is 12.8. The zero-order chi connectivity index (χ0) is 39.8. The Bertz CT molecular complexity index is 1710. The molecule has 9 unspecified atom stereocenters. The van der Waals surface area contributed by atoms with Gasteiger partial charge in [-0.25, -0.2) is 11.0 Å². The van der Waals surface area contributed by atoms with Crippen molar-refractivity contribution in [3.8, 4) is 11.5 Å². The van der Waals surface area contributed by atoms with Gasteiger partial charge in [0.15, 0.2) is 0 Å². The predicted octanol–water partition coefficient (Wildman–Crippen LogP) is 11.6. The van der Waals surface area contributed by atoms with E-state index in [1.54, 1.807) is 11.0 Å². The van der Waals surface area contributed by atoms with Crippen molar-refractivity contribution in [3.05, 3.63) is 62.6 Å². The molecule has 10 heteroatoms. The van der Waals surface area contributed by atoms with Crippen molar-refractivity contribution in [3.63, 3.8) is 0 Å². The van der Waals surface area contributed by atoms with Crippen LogP contribution in [0.25, 0.3) is 5.57 Å². The van der Waals surface area contributed by atoms with E-state index in [-0.39, 0.29) is 21.2 Å². The van der Waals surface area contributed by atoms with Crippen molar-refractivity contribution in [2.45, 2.75) is 125 Å². The average Bonchev–Trinajstić information content (AvgIpc) is 3.52. The SMILES string of the molecule is CC(C)CCCC(C)C1CCC2C3CCC4CC(CCC=C(c5cc(Cl)c(O)c(C(=O)NO)c5)c5cc(Cl)c(O)c(C(=O)NO)c5)CCC4(C)C3CCC12C. The third-order valence-corrected chi connectivity index (χ3v) is 15.9. The predicted molar refractivity (Wildman–Crippen MR) is 218 cm³/mol. The molecule has 2 aromatic carbocycles. The smallest absolute Gasteiger partial charge is 0.278 e. The van der Waals surface area contributed by atoms with Gasteiger partial charge in [0.05, 0.1) is 21.2 Å². The number of amides is 2. The third-order valence-electron chi connectivity index (χ3n) is 15.3. The number of halogens is 2. The molecular weight excluding hydrogens is 735 g/mol. The van der Waals surface area contributed by atoms with Crippen molar-refractivity contribution in [1.82, 2.24) is 11.0 Å². The van der Waals surface area contributed by atoms with E-state index in [1.165, 1.54) is 101 Å². The summed E-state index contributed by atoms with van der Waals surface area (Å²) < 4.78 is 0. The van der Waals surface area contributed by atoms with Gasteiger partial charge in [-0.3, -0.25) is 20.0 Å². The topological polar surface area (TPSA) is 139 Å². The minimum Gasteiger partial charge on any atom is -0.506 e. The van der Waals surface area contributed by atoms with Crippen LogP contribution >= 0.6 is 23.2 Å². The van der Waals surface area contributed by atoms with Crippen molar-refractivity contribution >= 4 is 40.6 Å². The standard InChI is InChI=1S/C45H62Cl2N2O6/c1-25(2)8-6-9-26(3)35-14-15-36-32-13-12-30-20-27(16-18-44(30,4)37(32)17-19-45(35,36)5)10-7-11-31(28-21-33(42(52)48-54)40(50)38(46)23-28)29-22-34(43(53)49-55)41(51)39(47)24-29/h11,21-27,30,32,35-37,50-51,54-55H,6-10,12-20H2,1-5H3,(H,48,52)(H,49,53). The first kappa shape index (κ1) is 41.8. The second-order valence-corrected chi connectivity index (χ2v) is 19.4. The van der Waals surface area contributed by atoms with Crippen LogP contribution in [-0.2, 0) is 0 Å². The van der Waals surface area contributed by atoms with Gasteiger partial charge in [0.2, 0.25) is 0 Å². The highest BCUT2D eigenvalue weighted by atomic mass is 35.5. The number of fused-ring (bicyclic) bond motifs is 5. The average molecular weight is 798 g/mol. The van der Waals surface area contributed by atoms with Gasteiger partial charge in [-0.1, -0.05) is 83.2 Å². The normalized spacial score (nSPS) is 30.5. The molecule has 0 radical (unpaired) electrons. The Labute approximate surface area is 337 Å². The molecule has 0 aliphatic heterocycles. The Morgan fingerprint density at radius 2 is 1.38 bits per heavy atom. The van der Waals surface area contributed by atoms with Crippen LogP contribution in [0, 0.1) is 58.2 Å². The van der Waals surface area contributed by atoms with Crippen LogP contribution in [0.3, 0.4) is 0 Å². The second-order valence-electron chi connectivity index (χ2n) is 18.6. The molecule has 55 heavy (non-hydrogen) atoms. The van der Waals surface area contributed by atoms with Crippen LogP contribution in [-0.4, -0.2) is 32.4 Å². The molecule has 9 atom stereocenters. The third kappa shape index (κ3) is 8.17. The van der Waals surface area contributed by atoms with Crippen LogP contribution in [0.5, 0.6) is 11.5 Å². The number of carbonyl (C=O) groups is 2. The van der Waals surface area contributed by atoms with Crippen LogP contribution in [0.15, 0.2) is 30.3 Å². The fourth-order valence-corrected chi connectivity index (χ4v) is 12.9. The lowest BCUT2D eigenvalue weighted by molar-refractivity contribution is -0.121. The minimum atomic E-state index is -0.938. The van der Waals surface area contributed by atoms with E-state index >= 15 is 0 Å². The number of hydrogen-bond donors (Lipinski definition) is 6. The molecule has 0 heterocycles. The van der Waals surface area contributed by atoms with E-state index < -0.39 is 23.3 Å². The Hall–Kier alpha value is -2.78. The quantitative estimate of drug-likeness (QED) is 0.0934. The first-order valence-electron chi connectivity index (χ1n) is 20.8. The first-order valence-corrected chi connectivity index (χ1v) is 21.5. The fraction of sp³-hybridized carbons (Fsp3) is 0.644. The molecule has 2 amide bonds. The Kier molecular flexibility index (Phi) is 12.9. The molecule has 302 valence electrons. The lowest BCUT2D eigenvalue weighted by Gasteiger charge is -2.61. The van der Waals surface area contributed by atoms with Crippen LogP contribution in [0.1, 0.15) is 156 Å². The van der Waals surface area contributed by atoms with E-state index in [2.05, 4.69) is 34.6 Å². The van der Waals surface area contributed by atoms with E-state index in [0.717, 1.165) is 47.8 Å². The maximum atomic E-state index is 12.5. The summed E-state index contributed by atoms with van der Waals surface area (Å²) in [4.78, 5) is 24.9. The summed E-state index contributed by atoms with van der Waals surface area (Å²) in [5, 5.41) is 39.5. The number of rotatable bonds is 12. The van der Waals surface area contributed by atoms with Gasteiger partial charge in [0, 0.05) is 0 Å². The maximum absolute atomic E-state index is 12.5. The highest BCUT2D eigenvalue weighted by Crippen LogP contribution is 2.69. The summed E-state index contributed by atoms with van der Waals surface area (Å²) in [5.74, 6) is 3.47. The Morgan fingerprint density at radius 3 is 1.96 bits per heavy atom. The number of allylic oxidation sites excluding steroid dienone is 1. The van der Waals surface area contributed by atoms with Crippen molar-refractivity contribution in [2.75, 3.05) is 0 Å². The van der Waals surface area contributed by atoms with E-state index in [1.807, 2.05) is 6.08 Å². The molecular formula is C45H62Cl2N2O6. The van der Waals surface area contributed by atoms with Crippen molar-refractivity contribution in [2.24, 2.45) is 58.2 Å². The molecule has 0 bridgehead atoms. The maximum Gasteiger partial charge on any atom is 0.278 e. The Morgan fingerprint density at radius 1 is 0.800 bits per heavy atom. The van der Waals surface area contributed by atoms with E-state index in [9.17, 15) is 30.2 Å². The molecule has 0 aromatic heterocycles. The van der Waals surface area contributed by atoms with Gasteiger partial charge in [-0.15, -0.1) is 0 Å². The lowest BCUT2D eigenvalue weighted by atomic mass is 9.44. The molecule has 0 spiro atoms. The largest absolute Gasteiger partial charge is 0.506 e. The number of hydroxylamine groups is 2. The van der Waals surface area contributed by atoms with Gasteiger partial charge in [-0.2, -0.15) is 0 Å². The van der Waals surface area contributed by atoms with Gasteiger partial charge < -0.3 is 10.2 Å². The number of phenolic OH excluding ortho intramolecular Hbond substituents is 2. The number of aromatic hydroxyl groups is 2. The number of benzene rings is 2. The summed E-state index contributed by atoms with van der Waals surface area (Å²) in [5.41, 5.74) is 4.97. The number of carbonyl (C=O) groups excluding carboxylic acids is 2. The van der Waals surface area contributed by atoms with Gasteiger partial charge >= 0.3 is 0 Å². The first-order chi connectivity index (χ1) is 26.1. The van der Waals surface area contributed by atoms with Gasteiger partial charge in [0.25, 0.3) is 11.8 Å². The van der Waals surface area contributed by atoms with Crippen LogP contribution in [0.4, 0.5) is 0 Å². The molecule has 0 saturated heterocycles. The van der Waals surface area contributed by atoms with Gasteiger partial charge in [-0.05, 0) is 170 Å². The highest BCUT2D eigenvalue weighted by Gasteiger charge is 2.60. The van der Waals surface area contributed by atoms with Crippen LogP contribution < -0.4 is 11.0 Å². The van der Waals surface area contributed by atoms with E-state index in [0.29, 0.717) is 39.9 Å². The zero-order valence-corrected chi connectivity index (χ0v) is 34.8. The molecule has 4 aliphatic rings. The monoisotopic (exact) mass is 796 g/mol. The van der Waals surface area contributed by atoms with Crippen molar-refractivity contribution < 1.29 is 30.2 Å². The minimum absolute atomic E-state index is 0.102. The molecule has 6 rings (SSSR count). The molecule has 4 saturated carbocycles. The van der Waals surface area contributed by atoms with Crippen LogP contribution in [0.2, 0.25) is 10.0 Å². The molecule has 8 nitrogen and oxygen atoms in total. The van der Waals surface area contributed by atoms with Crippen molar-refractivity contribution in [1.29, 1.82) is 0 Å². The lowest BCUT2D eigenvalue weighted by Crippen LogP contribution is -2.53. The number of phenols is 2. The summed E-state index contributed by atoms with van der Waals surface area (Å²) in [6.45, 7) is 12.6. The fourth-order valence-electron chi connectivity index (χ4n) is 12.5. The summed E-state index contributed by atoms with van der Waals surface area (Å²) in [6, 6.07) is 5.82. The zero-order valence-electron chi connectivity index (χ0n) is 33.3. The second kappa shape index (κ2) is 17.0. The van der Waals surface area contributed by atoms with E-state index in [4.69, 9.17) is 23.2 Å². The molecule has 4 aliphatic carbocycles. The summed E-state index contributed by atoms with van der Waals surface area (Å²) in [7, 11) is 0. The number of nitrogens with one attached hydrogen (secondary N) is 2.